The Balaban J connectivity index is 1.67. The average molecular weight is 290 g/mol. The van der Waals surface area contributed by atoms with Crippen LogP contribution >= 0.6 is 0 Å². The van der Waals surface area contributed by atoms with Crippen molar-refractivity contribution in [2.24, 2.45) is 23.7 Å². The molecule has 3 aliphatic rings. The van der Waals surface area contributed by atoms with Crippen molar-refractivity contribution in [3.8, 4) is 0 Å². The molecule has 1 saturated carbocycles. The molecular weight excluding hydrogens is 276 g/mol. The molecule has 2 aliphatic carbocycles. The Bertz CT molecular complexity index is 822. The van der Waals surface area contributed by atoms with E-state index in [9.17, 15) is 9.59 Å². The van der Waals surface area contributed by atoms with E-state index >= 15 is 0 Å². The first-order valence-electron chi connectivity index (χ1n) is 7.65. The van der Waals surface area contributed by atoms with Gasteiger partial charge in [0.2, 0.25) is 11.8 Å². The number of pyridine rings is 1. The number of hydrogen-bond donors (Lipinski definition) is 0. The molecule has 4 nitrogen and oxygen atoms in total. The molecule has 2 bridgehead atoms. The Morgan fingerprint density at radius 2 is 1.64 bits per heavy atom. The van der Waals surface area contributed by atoms with Crippen LogP contribution in [-0.2, 0) is 9.59 Å². The lowest BCUT2D eigenvalue weighted by Crippen LogP contribution is -2.33. The van der Waals surface area contributed by atoms with Crippen molar-refractivity contribution in [3.05, 3.63) is 48.7 Å². The van der Waals surface area contributed by atoms with E-state index in [1.54, 1.807) is 6.20 Å². The molecule has 4 atom stereocenters. The highest BCUT2D eigenvalue weighted by Crippen LogP contribution is 2.53. The first-order valence-corrected chi connectivity index (χ1v) is 7.65. The summed E-state index contributed by atoms with van der Waals surface area (Å²) in [6, 6.07) is 9.45. The number of hydrogen-bond acceptors (Lipinski definition) is 3. The van der Waals surface area contributed by atoms with Crippen LogP contribution in [0, 0.1) is 23.7 Å². The van der Waals surface area contributed by atoms with Gasteiger partial charge in [-0.05, 0) is 30.4 Å². The number of imide groups is 1. The van der Waals surface area contributed by atoms with Crippen molar-refractivity contribution < 1.29 is 9.59 Å². The van der Waals surface area contributed by atoms with Crippen LogP contribution in [-0.4, -0.2) is 16.8 Å². The minimum absolute atomic E-state index is 0.0509. The van der Waals surface area contributed by atoms with Crippen LogP contribution in [0.5, 0.6) is 0 Å². The van der Waals surface area contributed by atoms with Gasteiger partial charge in [-0.1, -0.05) is 30.4 Å². The predicted octanol–water partition coefficient (Wildman–Crippen LogP) is 2.55. The van der Waals surface area contributed by atoms with Crippen molar-refractivity contribution in [2.45, 2.75) is 6.42 Å². The van der Waals surface area contributed by atoms with Gasteiger partial charge in [-0.25, -0.2) is 4.90 Å². The number of carbonyl (C=O) groups excluding carboxylic acids is 2. The van der Waals surface area contributed by atoms with Gasteiger partial charge in [-0.15, -0.1) is 0 Å². The highest BCUT2D eigenvalue weighted by Gasteiger charge is 2.59. The van der Waals surface area contributed by atoms with E-state index < -0.39 is 0 Å². The second-order valence-electron chi connectivity index (χ2n) is 6.36. The van der Waals surface area contributed by atoms with Gasteiger partial charge in [0, 0.05) is 11.6 Å². The maximum absolute atomic E-state index is 12.9. The first-order chi connectivity index (χ1) is 10.8. The van der Waals surface area contributed by atoms with Gasteiger partial charge in [0.05, 0.1) is 23.0 Å². The summed E-state index contributed by atoms with van der Waals surface area (Å²) < 4.78 is 0. The van der Waals surface area contributed by atoms with Gasteiger partial charge in [0.15, 0.2) is 0 Å². The first kappa shape index (κ1) is 12.1. The van der Waals surface area contributed by atoms with Crippen molar-refractivity contribution in [2.75, 3.05) is 4.90 Å². The summed E-state index contributed by atoms with van der Waals surface area (Å²) in [5.74, 6) is 0.0386. The molecule has 5 rings (SSSR count). The zero-order chi connectivity index (χ0) is 14.8. The summed E-state index contributed by atoms with van der Waals surface area (Å²) in [5.41, 5.74) is 1.34. The molecule has 22 heavy (non-hydrogen) atoms. The lowest BCUT2D eigenvalue weighted by atomic mass is 9.85. The van der Waals surface area contributed by atoms with Crippen LogP contribution in [0.1, 0.15) is 6.42 Å². The molecule has 0 radical (unpaired) electrons. The molecule has 2 heterocycles. The summed E-state index contributed by atoms with van der Waals surface area (Å²) in [6.07, 6.45) is 6.88. The molecule has 108 valence electrons. The SMILES string of the molecule is O=C1[C@@H]2[C@@H](C(=O)N1c1cccc3cccnc13)[C@H]1C=C[C@H]2C1. The van der Waals surface area contributed by atoms with Gasteiger partial charge < -0.3 is 0 Å². The Hall–Kier alpha value is -2.49. The molecule has 1 saturated heterocycles. The fourth-order valence-electron chi connectivity index (χ4n) is 4.41. The smallest absolute Gasteiger partial charge is 0.238 e. The van der Waals surface area contributed by atoms with Gasteiger partial charge in [-0.2, -0.15) is 0 Å². The summed E-state index contributed by atoms with van der Waals surface area (Å²) in [7, 11) is 0. The lowest BCUT2D eigenvalue weighted by molar-refractivity contribution is -0.123. The minimum Gasteiger partial charge on any atom is -0.274 e. The summed E-state index contributed by atoms with van der Waals surface area (Å²) in [6.45, 7) is 0. The fourth-order valence-corrected chi connectivity index (χ4v) is 4.41. The molecule has 0 unspecified atom stereocenters. The molecule has 0 spiro atoms. The third-order valence-electron chi connectivity index (χ3n) is 5.32. The van der Waals surface area contributed by atoms with Crippen molar-refractivity contribution >= 4 is 28.4 Å². The summed E-state index contributed by atoms with van der Waals surface area (Å²) >= 11 is 0. The predicted molar refractivity (Wildman–Crippen MR) is 82.0 cm³/mol. The average Bonchev–Trinajstić information content (AvgIpc) is 3.21. The Kier molecular flexibility index (Phi) is 2.22. The number of carbonyl (C=O) groups is 2. The van der Waals surface area contributed by atoms with Crippen LogP contribution < -0.4 is 4.90 Å². The number of anilines is 1. The fraction of sp³-hybridized carbons (Fsp3) is 0.278. The van der Waals surface area contributed by atoms with Crippen LogP contribution in [0.25, 0.3) is 10.9 Å². The second kappa shape index (κ2) is 4.03. The number of fused-ring (bicyclic) bond motifs is 6. The van der Waals surface area contributed by atoms with E-state index in [2.05, 4.69) is 17.1 Å². The van der Waals surface area contributed by atoms with Crippen molar-refractivity contribution in [3.63, 3.8) is 0 Å². The van der Waals surface area contributed by atoms with Gasteiger partial charge in [0.1, 0.15) is 0 Å². The number of amides is 2. The molecule has 1 aliphatic heterocycles. The van der Waals surface area contributed by atoms with E-state index in [-0.39, 0.29) is 35.5 Å². The van der Waals surface area contributed by atoms with Crippen LogP contribution in [0.15, 0.2) is 48.7 Å². The molecule has 2 amide bonds. The number of aromatic nitrogens is 1. The molecule has 0 N–H and O–H groups in total. The number of allylic oxidation sites excluding steroid dienone is 2. The molecule has 2 fully saturated rings. The van der Waals surface area contributed by atoms with E-state index in [1.807, 2.05) is 30.3 Å². The molecule has 2 aromatic rings. The van der Waals surface area contributed by atoms with Gasteiger partial charge in [-0.3, -0.25) is 14.6 Å². The summed E-state index contributed by atoms with van der Waals surface area (Å²) in [4.78, 5) is 31.5. The molecular formula is C18H14N2O2. The number of nitrogens with zero attached hydrogens (tertiary/aromatic N) is 2. The van der Waals surface area contributed by atoms with Gasteiger partial charge in [0.25, 0.3) is 0 Å². The normalized spacial score (nSPS) is 32.3. The number of rotatable bonds is 1. The Labute approximate surface area is 127 Å². The van der Waals surface area contributed by atoms with E-state index in [0.29, 0.717) is 11.2 Å². The summed E-state index contributed by atoms with van der Waals surface area (Å²) in [5, 5.41) is 0.943. The Morgan fingerprint density at radius 3 is 2.36 bits per heavy atom. The molecule has 1 aromatic carbocycles. The van der Waals surface area contributed by atoms with Crippen molar-refractivity contribution in [1.29, 1.82) is 0 Å². The van der Waals surface area contributed by atoms with Crippen LogP contribution in [0.3, 0.4) is 0 Å². The van der Waals surface area contributed by atoms with Crippen LogP contribution in [0.4, 0.5) is 5.69 Å². The topological polar surface area (TPSA) is 50.3 Å². The maximum Gasteiger partial charge on any atom is 0.238 e. The number of benzene rings is 1. The highest BCUT2D eigenvalue weighted by atomic mass is 16.2. The lowest BCUT2D eigenvalue weighted by Gasteiger charge is -2.18. The monoisotopic (exact) mass is 290 g/mol. The largest absolute Gasteiger partial charge is 0.274 e. The molecule has 4 heteroatoms. The quantitative estimate of drug-likeness (QED) is 0.599. The zero-order valence-corrected chi connectivity index (χ0v) is 11.8. The standard InChI is InChI=1S/C18H14N2O2/c21-17-14-11-6-7-12(9-11)15(14)18(22)20(17)13-5-1-3-10-4-2-8-19-16(10)13/h1-8,11-12,14-15H,9H2/t11-,12-,14-,15-/m0/s1. The zero-order valence-electron chi connectivity index (χ0n) is 11.8. The van der Waals surface area contributed by atoms with Crippen molar-refractivity contribution in [1.82, 2.24) is 4.98 Å². The Morgan fingerprint density at radius 1 is 0.955 bits per heavy atom. The number of para-hydroxylation sites is 1. The van der Waals surface area contributed by atoms with E-state index in [1.165, 1.54) is 4.90 Å². The highest BCUT2D eigenvalue weighted by molar-refractivity contribution is 6.25. The third kappa shape index (κ3) is 1.35. The van der Waals surface area contributed by atoms with Crippen LogP contribution in [0.2, 0.25) is 0 Å². The second-order valence-corrected chi connectivity index (χ2v) is 6.36. The maximum atomic E-state index is 12.9. The van der Waals surface area contributed by atoms with E-state index in [0.717, 1.165) is 11.8 Å². The third-order valence-corrected chi connectivity index (χ3v) is 5.32. The van der Waals surface area contributed by atoms with Gasteiger partial charge >= 0.3 is 0 Å². The minimum atomic E-state index is -0.165. The molecule has 1 aromatic heterocycles. The van der Waals surface area contributed by atoms with E-state index in [4.69, 9.17) is 0 Å².